The molecule has 4 atom stereocenters. The summed E-state index contributed by atoms with van der Waals surface area (Å²) in [6, 6.07) is 2.81. The van der Waals surface area contributed by atoms with Gasteiger partial charge in [0.2, 0.25) is 23.6 Å². The van der Waals surface area contributed by atoms with Crippen molar-refractivity contribution >= 4 is 40.5 Å². The molecule has 0 fully saturated rings. The summed E-state index contributed by atoms with van der Waals surface area (Å²) < 4.78 is 0. The summed E-state index contributed by atoms with van der Waals surface area (Å²) in [6.45, 7) is 4.60. The molecule has 35 heavy (non-hydrogen) atoms. The lowest BCUT2D eigenvalue weighted by molar-refractivity contribution is -0.143. The fourth-order valence-electron chi connectivity index (χ4n) is 3.49. The number of benzene rings is 1. The van der Waals surface area contributed by atoms with Crippen molar-refractivity contribution < 1.29 is 29.1 Å². The molecule has 0 aliphatic carbocycles. The molecular formula is C23H32N6O6. The molecule has 0 aliphatic rings. The normalized spacial score (nSPS) is 14.5. The Labute approximate surface area is 202 Å². The average molecular weight is 489 g/mol. The number of para-hydroxylation sites is 1. The van der Waals surface area contributed by atoms with E-state index in [1.54, 1.807) is 20.0 Å². The van der Waals surface area contributed by atoms with E-state index >= 15 is 0 Å². The number of carboxylic acids is 1. The lowest BCUT2D eigenvalue weighted by Crippen LogP contribution is -2.57. The molecule has 4 unspecified atom stereocenters. The zero-order valence-electron chi connectivity index (χ0n) is 19.8. The number of carbonyl (C=O) groups is 5. The second kappa shape index (κ2) is 12.0. The van der Waals surface area contributed by atoms with Crippen LogP contribution in [0.2, 0.25) is 0 Å². The van der Waals surface area contributed by atoms with Gasteiger partial charge in [-0.2, -0.15) is 0 Å². The highest BCUT2D eigenvalue weighted by Crippen LogP contribution is 2.18. The smallest absolute Gasteiger partial charge is 0.326 e. The van der Waals surface area contributed by atoms with Crippen molar-refractivity contribution in [2.24, 2.45) is 17.4 Å². The number of nitrogens with one attached hydrogen (secondary N) is 4. The number of H-pyrrole nitrogens is 1. The highest BCUT2D eigenvalue weighted by atomic mass is 16.4. The van der Waals surface area contributed by atoms with Crippen LogP contribution in [0.5, 0.6) is 0 Å². The molecule has 9 N–H and O–H groups in total. The number of fused-ring (bicyclic) bond motifs is 1. The van der Waals surface area contributed by atoms with E-state index in [1.807, 2.05) is 24.3 Å². The van der Waals surface area contributed by atoms with E-state index in [0.29, 0.717) is 0 Å². The highest BCUT2D eigenvalue weighted by Gasteiger charge is 2.30. The molecule has 0 radical (unpaired) electrons. The zero-order chi connectivity index (χ0) is 26.3. The Balaban J connectivity index is 2.03. The lowest BCUT2D eigenvalue weighted by Gasteiger charge is -2.24. The van der Waals surface area contributed by atoms with Crippen LogP contribution in [0.1, 0.15) is 32.8 Å². The maximum Gasteiger partial charge on any atom is 0.326 e. The van der Waals surface area contributed by atoms with Gasteiger partial charge in [-0.1, -0.05) is 32.0 Å². The molecule has 0 saturated carbocycles. The summed E-state index contributed by atoms with van der Waals surface area (Å²) in [7, 11) is 0. The van der Waals surface area contributed by atoms with Gasteiger partial charge < -0.3 is 37.5 Å². The van der Waals surface area contributed by atoms with Crippen LogP contribution in [0.15, 0.2) is 30.5 Å². The standard InChI is InChI=1S/C23H32N6O6/c1-11(2)19(23(34)35)29-20(31)12(3)27-22(33)17(9-18(25)30)28-21(32)15(24)8-13-10-26-16-7-5-4-6-14(13)16/h4-7,10-12,15,17,19,26H,8-9,24H2,1-3H3,(H2,25,30)(H,27,33)(H,28,32)(H,29,31)(H,34,35). The summed E-state index contributed by atoms with van der Waals surface area (Å²) in [5.41, 5.74) is 13.0. The highest BCUT2D eigenvalue weighted by molar-refractivity contribution is 5.96. The number of carbonyl (C=O) groups excluding carboxylic acids is 4. The van der Waals surface area contributed by atoms with E-state index in [0.717, 1.165) is 16.5 Å². The van der Waals surface area contributed by atoms with E-state index in [9.17, 15) is 29.1 Å². The van der Waals surface area contributed by atoms with Crippen LogP contribution in [0.25, 0.3) is 10.9 Å². The topological polar surface area (TPSA) is 209 Å². The largest absolute Gasteiger partial charge is 0.480 e. The molecule has 1 aromatic carbocycles. The molecule has 2 aromatic rings. The van der Waals surface area contributed by atoms with Crippen LogP contribution in [-0.2, 0) is 30.4 Å². The molecule has 1 aromatic heterocycles. The molecule has 190 valence electrons. The van der Waals surface area contributed by atoms with E-state index in [4.69, 9.17) is 11.5 Å². The van der Waals surface area contributed by atoms with E-state index in [-0.39, 0.29) is 12.3 Å². The predicted octanol–water partition coefficient (Wildman–Crippen LogP) is -0.872. The number of rotatable bonds is 12. The number of amides is 4. The summed E-state index contributed by atoms with van der Waals surface area (Å²) in [6.07, 6.45) is 1.40. The molecule has 0 saturated heterocycles. The average Bonchev–Trinajstić information content (AvgIpc) is 3.18. The van der Waals surface area contributed by atoms with Crippen molar-refractivity contribution in [1.82, 2.24) is 20.9 Å². The molecule has 2 rings (SSSR count). The van der Waals surface area contributed by atoms with Crippen molar-refractivity contribution in [3.05, 3.63) is 36.0 Å². The summed E-state index contributed by atoms with van der Waals surface area (Å²) in [4.78, 5) is 63.7. The maximum absolute atomic E-state index is 12.7. The van der Waals surface area contributed by atoms with Crippen molar-refractivity contribution in [3.63, 3.8) is 0 Å². The molecule has 0 spiro atoms. The maximum atomic E-state index is 12.7. The number of hydrogen-bond donors (Lipinski definition) is 7. The SMILES string of the molecule is CC(NC(=O)C(CC(N)=O)NC(=O)C(N)Cc1c[nH]c2ccccc12)C(=O)NC(C(=O)O)C(C)C. The summed E-state index contributed by atoms with van der Waals surface area (Å²) >= 11 is 0. The quantitative estimate of drug-likeness (QED) is 0.200. The first-order valence-corrected chi connectivity index (χ1v) is 11.1. The third kappa shape index (κ3) is 7.54. The number of aliphatic carboxylic acids is 1. The van der Waals surface area contributed by atoms with Crippen molar-refractivity contribution in [1.29, 1.82) is 0 Å². The third-order valence-corrected chi connectivity index (χ3v) is 5.47. The van der Waals surface area contributed by atoms with Crippen LogP contribution in [0.3, 0.4) is 0 Å². The predicted molar refractivity (Wildman–Crippen MR) is 128 cm³/mol. The fourth-order valence-corrected chi connectivity index (χ4v) is 3.49. The second-order valence-electron chi connectivity index (χ2n) is 8.70. The van der Waals surface area contributed by atoms with Crippen LogP contribution in [0.4, 0.5) is 0 Å². The molecule has 0 bridgehead atoms. The minimum absolute atomic E-state index is 0.172. The minimum atomic E-state index is -1.37. The van der Waals surface area contributed by atoms with E-state index in [2.05, 4.69) is 20.9 Å². The van der Waals surface area contributed by atoms with Gasteiger partial charge in [0.05, 0.1) is 12.5 Å². The Kier molecular flexibility index (Phi) is 9.34. The zero-order valence-corrected chi connectivity index (χ0v) is 19.8. The first kappa shape index (κ1) is 27.3. The van der Waals surface area contributed by atoms with Gasteiger partial charge in [-0.15, -0.1) is 0 Å². The van der Waals surface area contributed by atoms with Gasteiger partial charge in [0, 0.05) is 17.1 Å². The van der Waals surface area contributed by atoms with E-state index in [1.165, 1.54) is 6.92 Å². The number of aromatic amines is 1. The van der Waals surface area contributed by atoms with E-state index < -0.39 is 60.2 Å². The van der Waals surface area contributed by atoms with Crippen LogP contribution < -0.4 is 27.4 Å². The van der Waals surface area contributed by atoms with Crippen molar-refractivity contribution in [3.8, 4) is 0 Å². The Morgan fingerprint density at radius 2 is 1.63 bits per heavy atom. The fraction of sp³-hybridized carbons (Fsp3) is 0.435. The lowest BCUT2D eigenvalue weighted by atomic mass is 10.0. The van der Waals surface area contributed by atoms with Crippen LogP contribution in [-0.4, -0.2) is 63.9 Å². The minimum Gasteiger partial charge on any atom is -0.480 e. The first-order chi connectivity index (χ1) is 16.4. The number of carboxylic acid groups (broad SMARTS) is 1. The molecule has 4 amide bonds. The Morgan fingerprint density at radius 3 is 2.23 bits per heavy atom. The third-order valence-electron chi connectivity index (χ3n) is 5.47. The molecule has 1 heterocycles. The van der Waals surface area contributed by atoms with Crippen molar-refractivity contribution in [2.75, 3.05) is 0 Å². The molecule has 0 aliphatic heterocycles. The van der Waals surface area contributed by atoms with Gasteiger partial charge >= 0.3 is 5.97 Å². The Morgan fingerprint density at radius 1 is 0.971 bits per heavy atom. The van der Waals surface area contributed by atoms with Gasteiger partial charge in [0.25, 0.3) is 0 Å². The van der Waals surface area contributed by atoms with Crippen molar-refractivity contribution in [2.45, 2.75) is 57.8 Å². The number of primary amides is 1. The van der Waals surface area contributed by atoms with Gasteiger partial charge in [0.15, 0.2) is 0 Å². The van der Waals surface area contributed by atoms with Gasteiger partial charge in [-0.3, -0.25) is 19.2 Å². The summed E-state index contributed by atoms with van der Waals surface area (Å²) in [5, 5.41) is 17.3. The van der Waals surface area contributed by atoms with Crippen LogP contribution >= 0.6 is 0 Å². The number of hydrogen-bond acceptors (Lipinski definition) is 6. The number of nitrogens with two attached hydrogens (primary N) is 2. The van der Waals surface area contributed by atoms with Gasteiger partial charge in [-0.05, 0) is 30.9 Å². The Bertz CT molecular complexity index is 1100. The molecular weight excluding hydrogens is 456 g/mol. The first-order valence-electron chi connectivity index (χ1n) is 11.1. The van der Waals surface area contributed by atoms with Gasteiger partial charge in [-0.25, -0.2) is 4.79 Å². The summed E-state index contributed by atoms with van der Waals surface area (Å²) in [5.74, 6) is -4.71. The number of aromatic nitrogens is 1. The second-order valence-corrected chi connectivity index (χ2v) is 8.70. The van der Waals surface area contributed by atoms with Crippen LogP contribution in [0, 0.1) is 5.92 Å². The monoisotopic (exact) mass is 488 g/mol. The molecule has 12 nitrogen and oxygen atoms in total. The Hall–Kier alpha value is -3.93. The van der Waals surface area contributed by atoms with Gasteiger partial charge in [0.1, 0.15) is 18.1 Å². The molecule has 12 heteroatoms.